The van der Waals surface area contributed by atoms with Crippen LogP contribution >= 0.6 is 11.6 Å². The van der Waals surface area contributed by atoms with Crippen molar-refractivity contribution in [3.05, 3.63) is 22.7 Å². The van der Waals surface area contributed by atoms with Gasteiger partial charge in [0.05, 0.1) is 5.02 Å². The standard InChI is InChI=1S/C8H10ClNO2/c1-10-4-5-2-6(9)8(12)7(11)3-5/h2-3,10-12H,4H2,1H3. The monoisotopic (exact) mass is 187 g/mol. The van der Waals surface area contributed by atoms with Gasteiger partial charge in [0, 0.05) is 6.54 Å². The molecule has 0 saturated carbocycles. The molecule has 0 bridgehead atoms. The zero-order valence-electron chi connectivity index (χ0n) is 6.63. The van der Waals surface area contributed by atoms with Crippen molar-refractivity contribution in [2.75, 3.05) is 7.05 Å². The summed E-state index contributed by atoms with van der Waals surface area (Å²) in [6.45, 7) is 0.605. The minimum absolute atomic E-state index is 0.167. The van der Waals surface area contributed by atoms with Crippen LogP contribution in [0.4, 0.5) is 0 Å². The zero-order valence-corrected chi connectivity index (χ0v) is 7.39. The lowest BCUT2D eigenvalue weighted by molar-refractivity contribution is 0.403. The molecule has 0 amide bonds. The fraction of sp³-hybridized carbons (Fsp3) is 0.250. The molecule has 66 valence electrons. The van der Waals surface area contributed by atoms with E-state index in [-0.39, 0.29) is 16.5 Å². The molecule has 1 rings (SSSR count). The lowest BCUT2D eigenvalue weighted by Gasteiger charge is -2.04. The maximum atomic E-state index is 9.15. The van der Waals surface area contributed by atoms with Gasteiger partial charge in [-0.2, -0.15) is 0 Å². The summed E-state index contributed by atoms with van der Waals surface area (Å²) in [6.07, 6.45) is 0. The molecule has 0 aromatic heterocycles. The minimum atomic E-state index is -0.267. The van der Waals surface area contributed by atoms with Gasteiger partial charge in [0.15, 0.2) is 11.5 Å². The molecule has 0 atom stereocenters. The summed E-state index contributed by atoms with van der Waals surface area (Å²) in [7, 11) is 1.79. The molecule has 0 heterocycles. The predicted molar refractivity (Wildman–Crippen MR) is 47.5 cm³/mol. The Morgan fingerprint density at radius 1 is 1.42 bits per heavy atom. The van der Waals surface area contributed by atoms with Gasteiger partial charge in [-0.3, -0.25) is 0 Å². The van der Waals surface area contributed by atoms with Crippen LogP contribution in [0.3, 0.4) is 0 Å². The van der Waals surface area contributed by atoms with E-state index in [1.54, 1.807) is 13.1 Å². The van der Waals surface area contributed by atoms with E-state index < -0.39 is 0 Å². The SMILES string of the molecule is CNCc1cc(O)c(O)c(Cl)c1. The lowest BCUT2D eigenvalue weighted by Crippen LogP contribution is -2.04. The van der Waals surface area contributed by atoms with Crippen molar-refractivity contribution in [3.8, 4) is 11.5 Å². The van der Waals surface area contributed by atoms with Gasteiger partial charge in [0.25, 0.3) is 0 Å². The number of benzene rings is 1. The van der Waals surface area contributed by atoms with E-state index in [1.165, 1.54) is 6.07 Å². The zero-order chi connectivity index (χ0) is 9.14. The highest BCUT2D eigenvalue weighted by molar-refractivity contribution is 6.32. The van der Waals surface area contributed by atoms with E-state index in [4.69, 9.17) is 21.8 Å². The molecule has 0 fully saturated rings. The third-order valence-corrected chi connectivity index (χ3v) is 1.77. The molecule has 0 aliphatic rings. The summed E-state index contributed by atoms with van der Waals surface area (Å²) < 4.78 is 0. The summed E-state index contributed by atoms with van der Waals surface area (Å²) in [5, 5.41) is 21.3. The van der Waals surface area contributed by atoms with Crippen LogP contribution in [0.1, 0.15) is 5.56 Å². The molecule has 0 unspecified atom stereocenters. The third kappa shape index (κ3) is 1.81. The van der Waals surface area contributed by atoms with E-state index in [0.717, 1.165) is 5.56 Å². The Morgan fingerprint density at radius 3 is 2.58 bits per heavy atom. The highest BCUT2D eigenvalue weighted by Crippen LogP contribution is 2.33. The molecule has 0 saturated heterocycles. The average molecular weight is 188 g/mol. The molecule has 1 aromatic carbocycles. The second kappa shape index (κ2) is 3.65. The highest BCUT2D eigenvalue weighted by Gasteiger charge is 2.05. The summed E-state index contributed by atoms with van der Waals surface area (Å²) in [4.78, 5) is 0. The molecule has 1 aromatic rings. The van der Waals surface area contributed by atoms with Crippen molar-refractivity contribution >= 4 is 11.6 Å². The molecule has 0 radical (unpaired) electrons. The molecule has 0 spiro atoms. The maximum absolute atomic E-state index is 9.15. The van der Waals surface area contributed by atoms with Crippen LogP contribution in [0.25, 0.3) is 0 Å². The van der Waals surface area contributed by atoms with Gasteiger partial charge in [-0.15, -0.1) is 0 Å². The molecule has 3 N–H and O–H groups in total. The highest BCUT2D eigenvalue weighted by atomic mass is 35.5. The smallest absolute Gasteiger partial charge is 0.176 e. The van der Waals surface area contributed by atoms with Crippen LogP contribution in [0.15, 0.2) is 12.1 Å². The molecular formula is C8H10ClNO2. The van der Waals surface area contributed by atoms with Crippen molar-refractivity contribution < 1.29 is 10.2 Å². The first-order chi connectivity index (χ1) is 5.65. The molecule has 0 aliphatic carbocycles. The number of phenolic OH excluding ortho intramolecular Hbond substituents is 2. The van der Waals surface area contributed by atoms with Crippen molar-refractivity contribution in [1.29, 1.82) is 0 Å². The van der Waals surface area contributed by atoms with Gasteiger partial charge in [-0.25, -0.2) is 0 Å². The summed E-state index contributed by atoms with van der Waals surface area (Å²) in [5.74, 6) is -0.454. The summed E-state index contributed by atoms with van der Waals surface area (Å²) >= 11 is 5.62. The second-order valence-corrected chi connectivity index (χ2v) is 2.88. The van der Waals surface area contributed by atoms with E-state index in [9.17, 15) is 0 Å². The van der Waals surface area contributed by atoms with Gasteiger partial charge in [-0.05, 0) is 24.7 Å². The van der Waals surface area contributed by atoms with Crippen molar-refractivity contribution in [2.45, 2.75) is 6.54 Å². The lowest BCUT2D eigenvalue weighted by atomic mass is 10.2. The third-order valence-electron chi connectivity index (χ3n) is 1.48. The normalized spacial score (nSPS) is 10.2. The first kappa shape index (κ1) is 9.16. The first-order valence-corrected chi connectivity index (χ1v) is 3.88. The molecule has 0 aliphatic heterocycles. The molecule has 4 heteroatoms. The summed E-state index contributed by atoms with van der Waals surface area (Å²) in [6, 6.07) is 3.07. The van der Waals surface area contributed by atoms with Crippen molar-refractivity contribution in [1.82, 2.24) is 5.32 Å². The van der Waals surface area contributed by atoms with Crippen LogP contribution < -0.4 is 5.32 Å². The Bertz CT molecular complexity index is 265. The predicted octanol–water partition coefficient (Wildman–Crippen LogP) is 1.47. The Kier molecular flexibility index (Phi) is 2.78. The Morgan fingerprint density at radius 2 is 2.08 bits per heavy atom. The molecule has 3 nitrogen and oxygen atoms in total. The molecule has 12 heavy (non-hydrogen) atoms. The average Bonchev–Trinajstić information content (AvgIpc) is 2.01. The van der Waals surface area contributed by atoms with Gasteiger partial charge in [0.2, 0.25) is 0 Å². The van der Waals surface area contributed by atoms with Gasteiger partial charge in [0.1, 0.15) is 0 Å². The van der Waals surface area contributed by atoms with E-state index in [1.807, 2.05) is 0 Å². The number of rotatable bonds is 2. The van der Waals surface area contributed by atoms with E-state index >= 15 is 0 Å². The Balaban J connectivity index is 3.04. The summed E-state index contributed by atoms with van der Waals surface area (Å²) in [5.41, 5.74) is 0.831. The minimum Gasteiger partial charge on any atom is -0.504 e. The second-order valence-electron chi connectivity index (χ2n) is 2.48. The maximum Gasteiger partial charge on any atom is 0.176 e. The van der Waals surface area contributed by atoms with Gasteiger partial charge in [-0.1, -0.05) is 11.6 Å². The van der Waals surface area contributed by atoms with Crippen LogP contribution in [-0.4, -0.2) is 17.3 Å². The fourth-order valence-corrected chi connectivity index (χ4v) is 1.18. The number of hydrogen-bond acceptors (Lipinski definition) is 3. The number of aromatic hydroxyl groups is 2. The Hall–Kier alpha value is -0.930. The number of nitrogens with one attached hydrogen (secondary N) is 1. The van der Waals surface area contributed by atoms with Crippen molar-refractivity contribution in [2.24, 2.45) is 0 Å². The number of phenols is 2. The Labute approximate surface area is 75.6 Å². The fourth-order valence-electron chi connectivity index (χ4n) is 0.945. The topological polar surface area (TPSA) is 52.5 Å². The van der Waals surface area contributed by atoms with Gasteiger partial charge < -0.3 is 15.5 Å². The van der Waals surface area contributed by atoms with Gasteiger partial charge >= 0.3 is 0 Å². The van der Waals surface area contributed by atoms with Crippen LogP contribution in [-0.2, 0) is 6.54 Å². The molecular weight excluding hydrogens is 178 g/mol. The van der Waals surface area contributed by atoms with Crippen LogP contribution in [0, 0.1) is 0 Å². The van der Waals surface area contributed by atoms with Crippen molar-refractivity contribution in [3.63, 3.8) is 0 Å². The number of halogens is 1. The van der Waals surface area contributed by atoms with Crippen LogP contribution in [0.5, 0.6) is 11.5 Å². The number of hydrogen-bond donors (Lipinski definition) is 3. The van der Waals surface area contributed by atoms with E-state index in [2.05, 4.69) is 5.32 Å². The quantitative estimate of drug-likeness (QED) is 0.615. The first-order valence-electron chi connectivity index (χ1n) is 3.50. The largest absolute Gasteiger partial charge is 0.504 e. The van der Waals surface area contributed by atoms with E-state index in [0.29, 0.717) is 6.54 Å². The van der Waals surface area contributed by atoms with Crippen LogP contribution in [0.2, 0.25) is 5.02 Å².